The Morgan fingerprint density at radius 2 is 2.21 bits per heavy atom. The molecule has 19 heavy (non-hydrogen) atoms. The van der Waals surface area contributed by atoms with Crippen molar-refractivity contribution in [2.24, 2.45) is 5.92 Å². The third-order valence-corrected chi connectivity index (χ3v) is 2.87. The minimum atomic E-state index is -0.652. The number of amides is 2. The summed E-state index contributed by atoms with van der Waals surface area (Å²) < 4.78 is 4.84. The number of aryl methyl sites for hydroxylation is 1. The largest absolute Gasteiger partial charge is 0.360 e. The number of aromatic nitrogens is 1. The van der Waals surface area contributed by atoms with Crippen LogP contribution >= 0.6 is 0 Å². The van der Waals surface area contributed by atoms with Crippen LogP contribution in [0.1, 0.15) is 32.4 Å². The maximum Gasteiger partial charge on any atom is 0.315 e. The maximum absolute atomic E-state index is 12.1. The molecule has 2 rings (SSSR count). The number of rotatable bonds is 4. The van der Waals surface area contributed by atoms with Crippen molar-refractivity contribution in [3.05, 3.63) is 11.8 Å². The molecule has 2 amide bonds. The number of carbonyl (C=O) groups is 2. The van der Waals surface area contributed by atoms with Gasteiger partial charge >= 0.3 is 11.8 Å². The third kappa shape index (κ3) is 3.56. The maximum atomic E-state index is 12.1. The van der Waals surface area contributed by atoms with Crippen LogP contribution in [0, 0.1) is 12.8 Å². The first-order valence-corrected chi connectivity index (χ1v) is 6.52. The van der Waals surface area contributed by atoms with Crippen molar-refractivity contribution in [2.75, 3.05) is 11.9 Å². The topological polar surface area (TPSA) is 75.4 Å². The Kier molecular flexibility index (Phi) is 3.87. The monoisotopic (exact) mass is 265 g/mol. The van der Waals surface area contributed by atoms with E-state index in [-0.39, 0.29) is 11.9 Å². The normalized spacial score (nSPS) is 14.5. The van der Waals surface area contributed by atoms with Crippen LogP contribution in [0.2, 0.25) is 0 Å². The molecular weight excluding hydrogens is 246 g/mol. The van der Waals surface area contributed by atoms with Crippen LogP contribution in [0.3, 0.4) is 0 Å². The zero-order chi connectivity index (χ0) is 14.0. The lowest BCUT2D eigenvalue weighted by atomic mass is 10.2. The molecule has 0 spiro atoms. The average molecular weight is 265 g/mol. The van der Waals surface area contributed by atoms with Gasteiger partial charge in [0.15, 0.2) is 5.82 Å². The first-order chi connectivity index (χ1) is 8.97. The van der Waals surface area contributed by atoms with Crippen molar-refractivity contribution in [1.29, 1.82) is 0 Å². The lowest BCUT2D eigenvalue weighted by Crippen LogP contribution is -2.43. The van der Waals surface area contributed by atoms with Crippen LogP contribution in [0.25, 0.3) is 0 Å². The lowest BCUT2D eigenvalue weighted by Gasteiger charge is -2.23. The fraction of sp³-hybridized carbons (Fsp3) is 0.615. The predicted molar refractivity (Wildman–Crippen MR) is 69.4 cm³/mol. The summed E-state index contributed by atoms with van der Waals surface area (Å²) in [6.45, 7) is 6.39. The molecule has 1 aromatic rings. The van der Waals surface area contributed by atoms with E-state index in [1.165, 1.54) is 0 Å². The van der Waals surface area contributed by atoms with E-state index in [9.17, 15) is 9.59 Å². The Hall–Kier alpha value is -1.85. The van der Waals surface area contributed by atoms with E-state index >= 15 is 0 Å². The minimum absolute atomic E-state index is 0.222. The van der Waals surface area contributed by atoms with Gasteiger partial charge in [-0.1, -0.05) is 19.0 Å². The van der Waals surface area contributed by atoms with E-state index < -0.39 is 11.8 Å². The number of hydrogen-bond acceptors (Lipinski definition) is 4. The molecule has 0 saturated heterocycles. The quantitative estimate of drug-likeness (QED) is 0.838. The van der Waals surface area contributed by atoms with Crippen LogP contribution in [0.5, 0.6) is 0 Å². The van der Waals surface area contributed by atoms with E-state index in [1.54, 1.807) is 17.9 Å². The molecule has 1 aromatic heterocycles. The van der Waals surface area contributed by atoms with Crippen LogP contribution < -0.4 is 5.32 Å². The summed E-state index contributed by atoms with van der Waals surface area (Å²) >= 11 is 0. The van der Waals surface area contributed by atoms with Crippen molar-refractivity contribution in [1.82, 2.24) is 10.1 Å². The van der Waals surface area contributed by atoms with Crippen LogP contribution in [-0.4, -0.2) is 34.5 Å². The van der Waals surface area contributed by atoms with Gasteiger partial charge in [0.25, 0.3) is 0 Å². The first-order valence-electron chi connectivity index (χ1n) is 6.52. The van der Waals surface area contributed by atoms with E-state index in [0.717, 1.165) is 12.8 Å². The summed E-state index contributed by atoms with van der Waals surface area (Å²) in [7, 11) is 0. The van der Waals surface area contributed by atoms with E-state index in [1.807, 2.05) is 13.8 Å². The van der Waals surface area contributed by atoms with Crippen molar-refractivity contribution in [3.63, 3.8) is 0 Å². The third-order valence-electron chi connectivity index (χ3n) is 2.87. The van der Waals surface area contributed by atoms with Crippen molar-refractivity contribution >= 4 is 17.6 Å². The zero-order valence-corrected chi connectivity index (χ0v) is 11.5. The molecule has 0 radical (unpaired) electrons. The van der Waals surface area contributed by atoms with Gasteiger partial charge in [-0.25, -0.2) is 0 Å². The van der Waals surface area contributed by atoms with Gasteiger partial charge in [0.1, 0.15) is 5.76 Å². The molecule has 104 valence electrons. The highest BCUT2D eigenvalue weighted by molar-refractivity contribution is 6.39. The second-order valence-electron chi connectivity index (χ2n) is 5.36. The molecule has 0 atom stereocenters. The molecule has 0 aromatic carbocycles. The number of hydrogen-bond donors (Lipinski definition) is 1. The van der Waals surface area contributed by atoms with Gasteiger partial charge in [-0.2, -0.15) is 0 Å². The van der Waals surface area contributed by atoms with Gasteiger partial charge in [0.05, 0.1) is 0 Å². The van der Waals surface area contributed by atoms with Crippen LogP contribution in [-0.2, 0) is 9.59 Å². The predicted octanol–water partition coefficient (Wildman–Crippen LogP) is 1.57. The van der Waals surface area contributed by atoms with Gasteiger partial charge in [0.2, 0.25) is 0 Å². The summed E-state index contributed by atoms with van der Waals surface area (Å²) in [5, 5.41) is 6.11. The highest BCUT2D eigenvalue weighted by atomic mass is 16.5. The molecule has 0 aliphatic heterocycles. The molecule has 6 heteroatoms. The van der Waals surface area contributed by atoms with Crippen molar-refractivity contribution in [2.45, 2.75) is 39.7 Å². The Labute approximate surface area is 112 Å². The van der Waals surface area contributed by atoms with Crippen molar-refractivity contribution < 1.29 is 14.1 Å². The SMILES string of the molecule is Cc1cc(NC(=O)C(=O)N(CC(C)C)C2CC2)no1. The lowest BCUT2D eigenvalue weighted by molar-refractivity contribution is -0.143. The molecule has 1 fully saturated rings. The highest BCUT2D eigenvalue weighted by Gasteiger charge is 2.35. The number of carbonyl (C=O) groups excluding carboxylic acids is 2. The Morgan fingerprint density at radius 1 is 1.53 bits per heavy atom. The van der Waals surface area contributed by atoms with E-state index in [0.29, 0.717) is 18.2 Å². The number of anilines is 1. The highest BCUT2D eigenvalue weighted by Crippen LogP contribution is 2.27. The first kappa shape index (κ1) is 13.6. The Morgan fingerprint density at radius 3 is 2.68 bits per heavy atom. The smallest absolute Gasteiger partial charge is 0.315 e. The van der Waals surface area contributed by atoms with Crippen LogP contribution in [0.4, 0.5) is 5.82 Å². The summed E-state index contributed by atoms with van der Waals surface area (Å²) in [4.78, 5) is 25.7. The molecule has 1 aliphatic rings. The molecule has 1 N–H and O–H groups in total. The fourth-order valence-corrected chi connectivity index (χ4v) is 1.90. The molecule has 0 unspecified atom stereocenters. The standard InChI is InChI=1S/C13H19N3O3/c1-8(2)7-16(10-4-5-10)13(18)12(17)14-11-6-9(3)19-15-11/h6,8,10H,4-5,7H2,1-3H3,(H,14,15,17). The van der Waals surface area contributed by atoms with E-state index in [4.69, 9.17) is 4.52 Å². The zero-order valence-electron chi connectivity index (χ0n) is 11.5. The van der Waals surface area contributed by atoms with Gasteiger partial charge < -0.3 is 9.42 Å². The molecule has 6 nitrogen and oxygen atoms in total. The summed E-state index contributed by atoms with van der Waals surface area (Å²) in [5.74, 6) is 0.0597. The average Bonchev–Trinajstić information content (AvgIpc) is 3.09. The Balaban J connectivity index is 1.98. The molecule has 1 aliphatic carbocycles. The second kappa shape index (κ2) is 5.42. The molecular formula is C13H19N3O3. The fourth-order valence-electron chi connectivity index (χ4n) is 1.90. The van der Waals surface area contributed by atoms with Gasteiger partial charge in [-0.3, -0.25) is 14.9 Å². The van der Waals surface area contributed by atoms with Crippen LogP contribution in [0.15, 0.2) is 10.6 Å². The number of nitrogens with one attached hydrogen (secondary N) is 1. The van der Waals surface area contributed by atoms with E-state index in [2.05, 4.69) is 10.5 Å². The van der Waals surface area contributed by atoms with Crippen molar-refractivity contribution in [3.8, 4) is 0 Å². The molecule has 1 saturated carbocycles. The molecule has 1 heterocycles. The van der Waals surface area contributed by atoms with Gasteiger partial charge in [0, 0.05) is 18.7 Å². The Bertz CT molecular complexity index is 477. The second-order valence-corrected chi connectivity index (χ2v) is 5.36. The summed E-state index contributed by atoms with van der Waals surface area (Å²) in [6, 6.07) is 1.80. The van der Waals surface area contributed by atoms with Gasteiger partial charge in [-0.05, 0) is 25.7 Å². The van der Waals surface area contributed by atoms with Gasteiger partial charge in [-0.15, -0.1) is 0 Å². The molecule has 0 bridgehead atoms. The summed E-state index contributed by atoms with van der Waals surface area (Å²) in [5.41, 5.74) is 0. The number of nitrogens with zero attached hydrogens (tertiary/aromatic N) is 2. The summed E-state index contributed by atoms with van der Waals surface area (Å²) in [6.07, 6.45) is 1.96. The minimum Gasteiger partial charge on any atom is -0.360 e.